The average molecular weight is 407 g/mol. The SMILES string of the molecule is O=C1CCCN1Cc1ccc(CNC(=S)Nc2cccc(C(F)(F)F)c2)cc1. The fourth-order valence-corrected chi connectivity index (χ4v) is 3.18. The minimum absolute atomic E-state index is 0.191. The Balaban J connectivity index is 1.50. The minimum atomic E-state index is -4.39. The van der Waals surface area contributed by atoms with Crippen LogP contribution < -0.4 is 10.6 Å². The van der Waals surface area contributed by atoms with Crippen molar-refractivity contribution in [3.8, 4) is 0 Å². The molecular weight excluding hydrogens is 387 g/mol. The third kappa shape index (κ3) is 5.45. The molecule has 1 fully saturated rings. The monoisotopic (exact) mass is 407 g/mol. The van der Waals surface area contributed by atoms with Gasteiger partial charge in [0.15, 0.2) is 5.11 Å². The number of nitrogens with zero attached hydrogens (tertiary/aromatic N) is 1. The van der Waals surface area contributed by atoms with Crippen LogP contribution in [-0.4, -0.2) is 22.5 Å². The summed E-state index contributed by atoms with van der Waals surface area (Å²) in [5.74, 6) is 0.191. The summed E-state index contributed by atoms with van der Waals surface area (Å²) in [6.45, 7) is 1.85. The van der Waals surface area contributed by atoms with Crippen LogP contribution >= 0.6 is 12.2 Å². The minimum Gasteiger partial charge on any atom is -0.358 e. The summed E-state index contributed by atoms with van der Waals surface area (Å²) >= 11 is 5.16. The normalized spacial score (nSPS) is 14.2. The van der Waals surface area contributed by atoms with Crippen molar-refractivity contribution in [1.29, 1.82) is 0 Å². The molecule has 0 bridgehead atoms. The van der Waals surface area contributed by atoms with E-state index in [1.807, 2.05) is 29.2 Å². The van der Waals surface area contributed by atoms with Crippen molar-refractivity contribution < 1.29 is 18.0 Å². The molecule has 2 aromatic rings. The highest BCUT2D eigenvalue weighted by molar-refractivity contribution is 7.80. The molecular formula is C20H20F3N3OS. The number of nitrogens with one attached hydrogen (secondary N) is 2. The second-order valence-corrected chi connectivity index (χ2v) is 7.03. The third-order valence-electron chi connectivity index (χ3n) is 4.47. The van der Waals surface area contributed by atoms with E-state index in [0.717, 1.165) is 36.2 Å². The standard InChI is InChI=1S/C20H20F3N3OS/c21-20(22,23)16-3-1-4-17(11-16)25-19(28)24-12-14-6-8-15(9-7-14)13-26-10-2-5-18(26)27/h1,3-4,6-9,11H,2,5,10,12-13H2,(H2,24,25,28). The van der Waals surface area contributed by atoms with Gasteiger partial charge in [-0.3, -0.25) is 4.79 Å². The first-order chi connectivity index (χ1) is 13.3. The van der Waals surface area contributed by atoms with Crippen molar-refractivity contribution >= 4 is 28.9 Å². The van der Waals surface area contributed by atoms with E-state index >= 15 is 0 Å². The van der Waals surface area contributed by atoms with Gasteiger partial charge in [-0.1, -0.05) is 30.3 Å². The number of hydrogen-bond donors (Lipinski definition) is 2. The number of hydrogen-bond acceptors (Lipinski definition) is 2. The number of likely N-dealkylation sites (tertiary alicyclic amines) is 1. The van der Waals surface area contributed by atoms with Crippen LogP contribution in [0.3, 0.4) is 0 Å². The molecule has 0 aliphatic carbocycles. The van der Waals surface area contributed by atoms with E-state index in [4.69, 9.17) is 12.2 Å². The van der Waals surface area contributed by atoms with Gasteiger partial charge >= 0.3 is 6.18 Å². The van der Waals surface area contributed by atoms with Crippen LogP contribution in [0.4, 0.5) is 18.9 Å². The van der Waals surface area contributed by atoms with Crippen LogP contribution in [-0.2, 0) is 24.1 Å². The van der Waals surface area contributed by atoms with Crippen LogP contribution in [0.5, 0.6) is 0 Å². The van der Waals surface area contributed by atoms with E-state index in [2.05, 4.69) is 10.6 Å². The Morgan fingerprint density at radius 1 is 1.11 bits per heavy atom. The Hall–Kier alpha value is -2.61. The lowest BCUT2D eigenvalue weighted by Crippen LogP contribution is -2.28. The molecule has 0 aromatic heterocycles. The maximum absolute atomic E-state index is 12.8. The first-order valence-electron chi connectivity index (χ1n) is 8.89. The van der Waals surface area contributed by atoms with Crippen molar-refractivity contribution in [1.82, 2.24) is 10.2 Å². The van der Waals surface area contributed by atoms with Crippen molar-refractivity contribution in [2.75, 3.05) is 11.9 Å². The van der Waals surface area contributed by atoms with Crippen LogP contribution in [0.2, 0.25) is 0 Å². The summed E-state index contributed by atoms with van der Waals surface area (Å²) < 4.78 is 38.3. The molecule has 2 N–H and O–H groups in total. The van der Waals surface area contributed by atoms with Gasteiger partial charge < -0.3 is 15.5 Å². The van der Waals surface area contributed by atoms with Gasteiger partial charge in [0, 0.05) is 31.7 Å². The number of benzene rings is 2. The maximum Gasteiger partial charge on any atom is 0.416 e. The quantitative estimate of drug-likeness (QED) is 0.725. The number of carbonyl (C=O) groups is 1. The van der Waals surface area contributed by atoms with E-state index < -0.39 is 11.7 Å². The first-order valence-corrected chi connectivity index (χ1v) is 9.30. The first kappa shape index (κ1) is 20.1. The molecule has 0 unspecified atom stereocenters. The van der Waals surface area contributed by atoms with Crippen LogP contribution in [0, 0.1) is 0 Å². The molecule has 1 aliphatic rings. The van der Waals surface area contributed by atoms with Gasteiger partial charge in [-0.2, -0.15) is 13.2 Å². The zero-order valence-corrected chi connectivity index (χ0v) is 15.9. The Kier molecular flexibility index (Phi) is 6.18. The maximum atomic E-state index is 12.8. The number of amides is 1. The van der Waals surface area contributed by atoms with E-state index in [1.165, 1.54) is 12.1 Å². The lowest BCUT2D eigenvalue weighted by Gasteiger charge is -2.16. The zero-order valence-electron chi connectivity index (χ0n) is 15.1. The lowest BCUT2D eigenvalue weighted by atomic mass is 10.1. The van der Waals surface area contributed by atoms with E-state index in [9.17, 15) is 18.0 Å². The summed E-state index contributed by atoms with van der Waals surface area (Å²) in [6.07, 6.45) is -2.86. The van der Waals surface area contributed by atoms with Gasteiger partial charge in [0.25, 0.3) is 0 Å². The molecule has 3 rings (SSSR count). The highest BCUT2D eigenvalue weighted by atomic mass is 32.1. The molecule has 2 aromatic carbocycles. The molecule has 28 heavy (non-hydrogen) atoms. The Morgan fingerprint density at radius 2 is 1.82 bits per heavy atom. The predicted octanol–water partition coefficient (Wildman–Crippen LogP) is 4.31. The van der Waals surface area contributed by atoms with Crippen molar-refractivity contribution in [3.05, 3.63) is 65.2 Å². The fraction of sp³-hybridized carbons (Fsp3) is 0.300. The number of alkyl halides is 3. The Bertz CT molecular complexity index is 853. The molecule has 148 valence electrons. The lowest BCUT2D eigenvalue weighted by molar-refractivity contribution is -0.137. The van der Waals surface area contributed by atoms with Gasteiger partial charge in [-0.05, 0) is 48.0 Å². The third-order valence-corrected chi connectivity index (χ3v) is 4.72. The molecule has 1 aliphatic heterocycles. The highest BCUT2D eigenvalue weighted by Gasteiger charge is 2.30. The molecule has 0 saturated carbocycles. The Labute approximate surface area is 166 Å². The number of rotatable bonds is 5. The summed E-state index contributed by atoms with van der Waals surface area (Å²) in [6, 6.07) is 12.7. The second-order valence-electron chi connectivity index (χ2n) is 6.62. The molecule has 1 amide bonds. The fourth-order valence-electron chi connectivity index (χ4n) is 2.99. The van der Waals surface area contributed by atoms with Crippen LogP contribution in [0.25, 0.3) is 0 Å². The topological polar surface area (TPSA) is 44.4 Å². The summed E-state index contributed by atoms with van der Waals surface area (Å²) in [7, 11) is 0. The number of anilines is 1. The van der Waals surface area contributed by atoms with E-state index in [0.29, 0.717) is 19.5 Å². The second kappa shape index (κ2) is 8.60. The van der Waals surface area contributed by atoms with Gasteiger partial charge in [-0.25, -0.2) is 0 Å². The molecule has 0 spiro atoms. The molecule has 0 radical (unpaired) electrons. The van der Waals surface area contributed by atoms with E-state index in [1.54, 1.807) is 0 Å². The van der Waals surface area contributed by atoms with Crippen LogP contribution in [0.15, 0.2) is 48.5 Å². The van der Waals surface area contributed by atoms with Crippen molar-refractivity contribution in [3.63, 3.8) is 0 Å². The summed E-state index contributed by atoms with van der Waals surface area (Å²) in [4.78, 5) is 13.5. The summed E-state index contributed by atoms with van der Waals surface area (Å²) in [5, 5.41) is 5.99. The smallest absolute Gasteiger partial charge is 0.358 e. The summed E-state index contributed by atoms with van der Waals surface area (Å²) in [5.41, 5.74) is 1.58. The van der Waals surface area contributed by atoms with E-state index in [-0.39, 0.29) is 16.7 Å². The zero-order chi connectivity index (χ0) is 20.1. The molecule has 0 atom stereocenters. The predicted molar refractivity (Wildman–Crippen MR) is 106 cm³/mol. The molecule has 1 heterocycles. The Morgan fingerprint density at radius 3 is 2.46 bits per heavy atom. The highest BCUT2D eigenvalue weighted by Crippen LogP contribution is 2.30. The largest absolute Gasteiger partial charge is 0.416 e. The molecule has 8 heteroatoms. The molecule has 4 nitrogen and oxygen atoms in total. The van der Waals surface area contributed by atoms with Crippen molar-refractivity contribution in [2.24, 2.45) is 0 Å². The van der Waals surface area contributed by atoms with Crippen molar-refractivity contribution in [2.45, 2.75) is 32.1 Å². The number of carbonyl (C=O) groups excluding carboxylic acids is 1. The van der Waals surface area contributed by atoms with Gasteiger partial charge in [0.05, 0.1) is 5.56 Å². The van der Waals surface area contributed by atoms with Gasteiger partial charge in [-0.15, -0.1) is 0 Å². The van der Waals surface area contributed by atoms with Gasteiger partial charge in [0.2, 0.25) is 5.91 Å². The van der Waals surface area contributed by atoms with Crippen LogP contribution in [0.1, 0.15) is 29.5 Å². The van der Waals surface area contributed by atoms with Gasteiger partial charge in [0.1, 0.15) is 0 Å². The average Bonchev–Trinajstić information content (AvgIpc) is 3.05. The number of thiocarbonyl (C=S) groups is 1. The molecule has 1 saturated heterocycles. The number of halogens is 3.